The van der Waals surface area contributed by atoms with Crippen molar-refractivity contribution in [2.45, 2.75) is 43.5 Å². The van der Waals surface area contributed by atoms with Gasteiger partial charge in [-0.3, -0.25) is 4.79 Å². The van der Waals surface area contributed by atoms with Gasteiger partial charge < -0.3 is 0 Å². The molecule has 0 unspecified atom stereocenters. The summed E-state index contributed by atoms with van der Waals surface area (Å²) in [5.41, 5.74) is 1.68. The van der Waals surface area contributed by atoms with Gasteiger partial charge in [-0.25, -0.2) is 12.7 Å². The molecule has 4 aromatic rings. The second kappa shape index (κ2) is 8.65. The van der Waals surface area contributed by atoms with E-state index < -0.39 is 21.5 Å². The number of nitrogens with zero attached hydrogens (tertiary/aromatic N) is 1. The Morgan fingerprint density at radius 2 is 1.46 bits per heavy atom. The van der Waals surface area contributed by atoms with Gasteiger partial charge in [0.1, 0.15) is 5.41 Å². The fraction of sp³-hybridized carbons (Fsp3) is 0.233. The monoisotopic (exact) mass is 483 g/mol. The maximum absolute atomic E-state index is 14.1. The topological polar surface area (TPSA) is 54.5 Å². The first-order valence-corrected chi connectivity index (χ1v) is 13.4. The molecular weight excluding hydrogens is 454 g/mol. The number of β-lactam (4-membered cyclic amide) rings is 1. The number of amides is 1. The van der Waals surface area contributed by atoms with Crippen LogP contribution in [-0.2, 0) is 20.2 Å². The number of aryl methyl sites for hydroxylation is 1. The van der Waals surface area contributed by atoms with E-state index in [0.29, 0.717) is 6.42 Å². The molecule has 1 amide bonds. The molecule has 1 fully saturated rings. The molecule has 1 heterocycles. The third-order valence-corrected chi connectivity index (χ3v) is 8.73. The molecule has 0 radical (unpaired) electrons. The minimum atomic E-state index is -4.05. The predicted molar refractivity (Wildman–Crippen MR) is 139 cm³/mol. The quantitative estimate of drug-likeness (QED) is 0.298. The largest absolute Gasteiger partial charge is 0.273 e. The van der Waals surface area contributed by atoms with Crippen molar-refractivity contribution in [2.24, 2.45) is 5.92 Å². The Bertz CT molecular complexity index is 1490. The zero-order valence-corrected chi connectivity index (χ0v) is 21.0. The molecule has 35 heavy (non-hydrogen) atoms. The average Bonchev–Trinajstić information content (AvgIpc) is 2.85. The molecule has 4 aromatic carbocycles. The number of hydrogen-bond acceptors (Lipinski definition) is 3. The second-order valence-corrected chi connectivity index (χ2v) is 11.7. The Kier molecular flexibility index (Phi) is 5.76. The number of carbonyl (C=O) groups excluding carboxylic acids is 1. The lowest BCUT2D eigenvalue weighted by atomic mass is 9.61. The zero-order valence-electron chi connectivity index (χ0n) is 20.2. The van der Waals surface area contributed by atoms with Gasteiger partial charge in [-0.1, -0.05) is 98.3 Å². The van der Waals surface area contributed by atoms with E-state index in [1.54, 1.807) is 24.3 Å². The molecule has 0 aromatic heterocycles. The van der Waals surface area contributed by atoms with Crippen molar-refractivity contribution < 1.29 is 13.2 Å². The molecule has 5 heteroatoms. The van der Waals surface area contributed by atoms with Crippen molar-refractivity contribution >= 4 is 26.7 Å². The standard InChI is InChI=1S/C30H29NO3S/c1-21(2)20-30(26-11-5-4-6-12-26)28(25-16-15-23-9-7-8-10-24(23)19-25)31(29(30)32)35(33,34)27-17-13-22(3)14-18-27/h4-19,21,28H,20H2,1-3H3/t28-,30+/m1/s1. The number of rotatable bonds is 6. The molecule has 178 valence electrons. The van der Waals surface area contributed by atoms with Gasteiger partial charge in [0.25, 0.3) is 10.0 Å². The first-order valence-electron chi connectivity index (χ1n) is 11.9. The smallest absolute Gasteiger partial charge is 0.267 e. The lowest BCUT2D eigenvalue weighted by Gasteiger charge is -2.56. The van der Waals surface area contributed by atoms with Crippen LogP contribution in [0.5, 0.6) is 0 Å². The highest BCUT2D eigenvalue weighted by molar-refractivity contribution is 7.89. The van der Waals surface area contributed by atoms with Gasteiger partial charge in [0.2, 0.25) is 5.91 Å². The van der Waals surface area contributed by atoms with E-state index in [4.69, 9.17) is 0 Å². The molecule has 4 nitrogen and oxygen atoms in total. The van der Waals surface area contributed by atoms with E-state index in [1.807, 2.05) is 79.7 Å². The molecule has 1 saturated heterocycles. The molecule has 0 saturated carbocycles. The number of benzene rings is 4. The van der Waals surface area contributed by atoms with Gasteiger partial charge >= 0.3 is 0 Å². The fourth-order valence-corrected chi connectivity index (χ4v) is 7.08. The summed E-state index contributed by atoms with van der Waals surface area (Å²) in [6.45, 7) is 6.06. The Balaban J connectivity index is 1.74. The van der Waals surface area contributed by atoms with E-state index in [2.05, 4.69) is 13.8 Å². The lowest BCUT2D eigenvalue weighted by molar-refractivity contribution is -0.152. The first kappa shape index (κ1) is 23.3. The summed E-state index contributed by atoms with van der Waals surface area (Å²) >= 11 is 0. The minimum absolute atomic E-state index is 0.133. The Morgan fingerprint density at radius 1 is 0.829 bits per heavy atom. The number of carbonyl (C=O) groups is 1. The fourth-order valence-electron chi connectivity index (χ4n) is 5.41. The van der Waals surface area contributed by atoms with Crippen molar-refractivity contribution in [1.29, 1.82) is 0 Å². The summed E-state index contributed by atoms with van der Waals surface area (Å²) in [5, 5.41) is 2.09. The molecule has 1 aliphatic rings. The van der Waals surface area contributed by atoms with Crippen LogP contribution in [0.4, 0.5) is 0 Å². The summed E-state index contributed by atoms with van der Waals surface area (Å²) in [6, 6.07) is 29.7. The van der Waals surface area contributed by atoms with E-state index in [0.717, 1.165) is 31.8 Å². The van der Waals surface area contributed by atoms with Crippen LogP contribution in [0, 0.1) is 12.8 Å². The third kappa shape index (κ3) is 3.75. The van der Waals surface area contributed by atoms with Gasteiger partial charge in [-0.15, -0.1) is 0 Å². The molecule has 1 aliphatic heterocycles. The van der Waals surface area contributed by atoms with Crippen molar-refractivity contribution in [3.63, 3.8) is 0 Å². The predicted octanol–water partition coefficient (Wildman–Crippen LogP) is 6.40. The van der Waals surface area contributed by atoms with Gasteiger partial charge in [-0.2, -0.15) is 0 Å². The molecular formula is C30H29NO3S. The first-order chi connectivity index (χ1) is 16.7. The summed E-state index contributed by atoms with van der Waals surface area (Å²) in [6.07, 6.45) is 0.549. The van der Waals surface area contributed by atoms with Gasteiger partial charge in [-0.05, 0) is 59.4 Å². The maximum atomic E-state index is 14.1. The summed E-state index contributed by atoms with van der Waals surface area (Å²) < 4.78 is 28.9. The highest BCUT2D eigenvalue weighted by Gasteiger charge is 2.65. The van der Waals surface area contributed by atoms with Crippen LogP contribution >= 0.6 is 0 Å². The highest BCUT2D eigenvalue weighted by Crippen LogP contribution is 2.57. The average molecular weight is 484 g/mol. The lowest BCUT2D eigenvalue weighted by Crippen LogP contribution is -2.67. The highest BCUT2D eigenvalue weighted by atomic mass is 32.2. The Morgan fingerprint density at radius 3 is 2.11 bits per heavy atom. The van der Waals surface area contributed by atoms with Crippen LogP contribution < -0.4 is 0 Å². The van der Waals surface area contributed by atoms with Crippen molar-refractivity contribution in [2.75, 3.05) is 0 Å². The molecule has 0 aliphatic carbocycles. The zero-order chi connectivity index (χ0) is 24.8. The number of hydrogen-bond donors (Lipinski definition) is 0. The SMILES string of the molecule is Cc1ccc(S(=O)(=O)N2C(=O)[C@@](CC(C)C)(c3ccccc3)[C@H]2c2ccc3ccccc3c2)cc1. The molecule has 2 atom stereocenters. The Hall–Kier alpha value is -3.44. The molecule has 0 spiro atoms. The van der Waals surface area contributed by atoms with Crippen LogP contribution in [0.3, 0.4) is 0 Å². The van der Waals surface area contributed by atoms with Crippen LogP contribution in [0.25, 0.3) is 10.8 Å². The minimum Gasteiger partial charge on any atom is -0.273 e. The van der Waals surface area contributed by atoms with Crippen LogP contribution in [0.2, 0.25) is 0 Å². The van der Waals surface area contributed by atoms with Crippen LogP contribution in [0.1, 0.15) is 43.0 Å². The van der Waals surface area contributed by atoms with Crippen LogP contribution in [0.15, 0.2) is 102 Å². The molecule has 0 bridgehead atoms. The van der Waals surface area contributed by atoms with E-state index in [-0.39, 0.29) is 16.7 Å². The Labute approximate surface area is 207 Å². The number of fused-ring (bicyclic) bond motifs is 1. The van der Waals surface area contributed by atoms with E-state index >= 15 is 0 Å². The van der Waals surface area contributed by atoms with Gasteiger partial charge in [0.05, 0.1) is 10.9 Å². The van der Waals surface area contributed by atoms with E-state index in [9.17, 15) is 13.2 Å². The van der Waals surface area contributed by atoms with Crippen molar-refractivity contribution in [3.8, 4) is 0 Å². The summed E-state index contributed by atoms with van der Waals surface area (Å²) in [4.78, 5) is 14.2. The van der Waals surface area contributed by atoms with Crippen molar-refractivity contribution in [3.05, 3.63) is 114 Å². The normalized spacial score (nSPS) is 20.3. The number of sulfonamides is 1. The summed E-state index contributed by atoms with van der Waals surface area (Å²) in [7, 11) is -4.05. The van der Waals surface area contributed by atoms with E-state index in [1.165, 1.54) is 0 Å². The molecule has 5 rings (SSSR count). The second-order valence-electron chi connectivity index (χ2n) is 9.86. The van der Waals surface area contributed by atoms with Gasteiger partial charge in [0, 0.05) is 0 Å². The van der Waals surface area contributed by atoms with Gasteiger partial charge in [0.15, 0.2) is 0 Å². The maximum Gasteiger partial charge on any atom is 0.267 e. The molecule has 0 N–H and O–H groups in total. The van der Waals surface area contributed by atoms with Crippen LogP contribution in [-0.4, -0.2) is 18.6 Å². The summed E-state index contributed by atoms with van der Waals surface area (Å²) in [5.74, 6) is -0.178. The third-order valence-electron chi connectivity index (χ3n) is 6.97. The van der Waals surface area contributed by atoms with Crippen molar-refractivity contribution in [1.82, 2.24) is 4.31 Å².